The SMILES string of the molecule is CC(F)(F)CNC(=O)Nc1cccc(-c2cnc3cc(-c4c[nH]c(=O)cn4)ccn23)c1. The van der Waals surface area contributed by atoms with Crippen molar-refractivity contribution in [3.63, 3.8) is 0 Å². The predicted molar refractivity (Wildman–Crippen MR) is 112 cm³/mol. The summed E-state index contributed by atoms with van der Waals surface area (Å²) in [6.45, 7) is -0.0183. The highest BCUT2D eigenvalue weighted by atomic mass is 19.3. The van der Waals surface area contributed by atoms with E-state index in [4.69, 9.17) is 0 Å². The molecule has 0 saturated heterocycles. The molecule has 10 heteroatoms. The summed E-state index contributed by atoms with van der Waals surface area (Å²) in [5, 5.41) is 4.68. The fraction of sp³-hybridized carbons (Fsp3) is 0.143. The fourth-order valence-corrected chi connectivity index (χ4v) is 3.02. The number of carbonyl (C=O) groups is 1. The van der Waals surface area contributed by atoms with E-state index in [1.165, 1.54) is 12.4 Å². The number of nitrogens with zero attached hydrogens (tertiary/aromatic N) is 3. The van der Waals surface area contributed by atoms with Crippen LogP contribution in [0, 0.1) is 0 Å². The molecule has 2 amide bonds. The molecule has 0 saturated carbocycles. The summed E-state index contributed by atoms with van der Waals surface area (Å²) >= 11 is 0. The van der Waals surface area contributed by atoms with E-state index in [-0.39, 0.29) is 5.56 Å². The molecule has 0 bridgehead atoms. The second-order valence-corrected chi connectivity index (χ2v) is 7.04. The highest BCUT2D eigenvalue weighted by Crippen LogP contribution is 2.26. The molecule has 0 spiro atoms. The Labute approximate surface area is 175 Å². The van der Waals surface area contributed by atoms with Gasteiger partial charge in [0, 0.05) is 36.1 Å². The van der Waals surface area contributed by atoms with Crippen molar-refractivity contribution < 1.29 is 13.6 Å². The number of amides is 2. The van der Waals surface area contributed by atoms with Gasteiger partial charge < -0.3 is 15.6 Å². The third kappa shape index (κ3) is 4.74. The van der Waals surface area contributed by atoms with Crippen molar-refractivity contribution in [1.82, 2.24) is 24.7 Å². The lowest BCUT2D eigenvalue weighted by molar-refractivity contribution is 0.0257. The number of anilines is 1. The van der Waals surface area contributed by atoms with E-state index in [0.717, 1.165) is 23.7 Å². The number of carbonyl (C=O) groups excluding carboxylic acids is 1. The number of aromatic amines is 1. The lowest BCUT2D eigenvalue weighted by Crippen LogP contribution is -2.37. The topological polar surface area (TPSA) is 104 Å². The first-order chi connectivity index (χ1) is 14.8. The molecule has 0 aliphatic heterocycles. The smallest absolute Gasteiger partial charge is 0.319 e. The van der Waals surface area contributed by atoms with Crippen LogP contribution >= 0.6 is 0 Å². The van der Waals surface area contributed by atoms with E-state index in [1.54, 1.807) is 24.4 Å². The van der Waals surface area contributed by atoms with E-state index in [0.29, 0.717) is 17.0 Å². The number of benzene rings is 1. The van der Waals surface area contributed by atoms with E-state index in [1.807, 2.05) is 28.8 Å². The molecule has 4 aromatic rings. The van der Waals surface area contributed by atoms with Crippen LogP contribution in [-0.2, 0) is 0 Å². The van der Waals surface area contributed by atoms with E-state index < -0.39 is 18.5 Å². The third-order valence-electron chi connectivity index (χ3n) is 4.46. The van der Waals surface area contributed by atoms with Gasteiger partial charge in [0.05, 0.1) is 30.3 Å². The number of hydrogen-bond donors (Lipinski definition) is 3. The van der Waals surface area contributed by atoms with Crippen LogP contribution < -0.4 is 16.2 Å². The standard InChI is InChI=1S/C21H18F2N6O2/c1-21(22,23)12-27-20(31)28-15-4-2-3-14(7-15)17-10-25-18-8-13(5-6-29(17)18)16-9-26-19(30)11-24-16/h2-11H,12H2,1H3,(H,26,30)(H2,27,28,31). The predicted octanol–water partition coefficient (Wildman–Crippen LogP) is 3.53. The van der Waals surface area contributed by atoms with Gasteiger partial charge in [-0.3, -0.25) is 9.20 Å². The monoisotopic (exact) mass is 424 g/mol. The maximum atomic E-state index is 12.9. The zero-order valence-electron chi connectivity index (χ0n) is 16.4. The highest BCUT2D eigenvalue weighted by molar-refractivity contribution is 5.90. The molecule has 0 aliphatic rings. The number of urea groups is 1. The Kier molecular flexibility index (Phi) is 5.20. The summed E-state index contributed by atoms with van der Waals surface area (Å²) in [6, 6.07) is 9.96. The van der Waals surface area contributed by atoms with Gasteiger partial charge in [-0.25, -0.2) is 23.5 Å². The number of halogens is 2. The Balaban J connectivity index is 1.57. The van der Waals surface area contributed by atoms with E-state index in [9.17, 15) is 18.4 Å². The molecule has 158 valence electrons. The van der Waals surface area contributed by atoms with Crippen molar-refractivity contribution in [2.24, 2.45) is 0 Å². The summed E-state index contributed by atoms with van der Waals surface area (Å²) in [5.74, 6) is -2.99. The molecule has 31 heavy (non-hydrogen) atoms. The van der Waals surface area contributed by atoms with Gasteiger partial charge in [-0.15, -0.1) is 0 Å². The Morgan fingerprint density at radius 3 is 2.74 bits per heavy atom. The van der Waals surface area contributed by atoms with Gasteiger partial charge in [-0.1, -0.05) is 12.1 Å². The molecular formula is C21H18F2N6O2. The molecule has 0 aliphatic carbocycles. The van der Waals surface area contributed by atoms with Gasteiger partial charge in [0.25, 0.3) is 11.5 Å². The number of imidazole rings is 1. The van der Waals surface area contributed by atoms with Crippen LogP contribution in [0.25, 0.3) is 28.2 Å². The van der Waals surface area contributed by atoms with Crippen LogP contribution in [0.1, 0.15) is 6.92 Å². The van der Waals surface area contributed by atoms with Gasteiger partial charge in [0.15, 0.2) is 0 Å². The van der Waals surface area contributed by atoms with Crippen LogP contribution in [0.2, 0.25) is 0 Å². The zero-order chi connectivity index (χ0) is 22.0. The number of fused-ring (bicyclic) bond motifs is 1. The molecule has 1 aromatic carbocycles. The Morgan fingerprint density at radius 2 is 2.00 bits per heavy atom. The molecule has 3 heterocycles. The number of aromatic nitrogens is 4. The van der Waals surface area contributed by atoms with E-state index in [2.05, 4.69) is 25.6 Å². The molecule has 3 aromatic heterocycles. The first kappa shape index (κ1) is 20.2. The number of rotatable bonds is 5. The molecule has 0 radical (unpaired) electrons. The second-order valence-electron chi connectivity index (χ2n) is 7.04. The number of H-pyrrole nitrogens is 1. The van der Waals surface area contributed by atoms with Gasteiger partial charge in [0.2, 0.25) is 0 Å². The van der Waals surface area contributed by atoms with Gasteiger partial charge in [-0.2, -0.15) is 0 Å². The summed E-state index contributed by atoms with van der Waals surface area (Å²) in [4.78, 5) is 34.2. The molecule has 4 rings (SSSR count). The normalized spacial score (nSPS) is 11.5. The lowest BCUT2D eigenvalue weighted by atomic mass is 10.1. The highest BCUT2D eigenvalue weighted by Gasteiger charge is 2.21. The second kappa shape index (κ2) is 7.98. The Hall–Kier alpha value is -4.08. The minimum absolute atomic E-state index is 0.279. The summed E-state index contributed by atoms with van der Waals surface area (Å²) in [5.41, 5.74) is 3.81. The third-order valence-corrected chi connectivity index (χ3v) is 4.46. The number of nitrogens with one attached hydrogen (secondary N) is 3. The van der Waals surface area contributed by atoms with Crippen molar-refractivity contribution in [2.75, 3.05) is 11.9 Å². The maximum Gasteiger partial charge on any atom is 0.319 e. The van der Waals surface area contributed by atoms with Crippen LogP contribution in [0.4, 0.5) is 19.3 Å². The fourth-order valence-electron chi connectivity index (χ4n) is 3.02. The van der Waals surface area contributed by atoms with Crippen molar-refractivity contribution in [2.45, 2.75) is 12.8 Å². The number of hydrogen-bond acceptors (Lipinski definition) is 4. The van der Waals surface area contributed by atoms with E-state index >= 15 is 0 Å². The van der Waals surface area contributed by atoms with Gasteiger partial charge in [-0.05, 0) is 24.3 Å². The van der Waals surface area contributed by atoms with Crippen LogP contribution in [0.5, 0.6) is 0 Å². The van der Waals surface area contributed by atoms with Crippen LogP contribution in [0.15, 0.2) is 66.0 Å². The molecule has 0 fully saturated rings. The van der Waals surface area contributed by atoms with Gasteiger partial charge in [0.1, 0.15) is 5.65 Å². The minimum Gasteiger partial charge on any atom is -0.332 e. The molecule has 0 atom stereocenters. The number of pyridine rings is 1. The van der Waals surface area contributed by atoms with Crippen molar-refractivity contribution in [1.29, 1.82) is 0 Å². The molecule has 8 nitrogen and oxygen atoms in total. The first-order valence-corrected chi connectivity index (χ1v) is 9.34. The minimum atomic E-state index is -2.99. The number of alkyl halides is 2. The average molecular weight is 424 g/mol. The van der Waals surface area contributed by atoms with Crippen LogP contribution in [-0.4, -0.2) is 37.9 Å². The zero-order valence-corrected chi connectivity index (χ0v) is 16.4. The molecular weight excluding hydrogens is 406 g/mol. The van der Waals surface area contributed by atoms with Crippen molar-refractivity contribution in [3.05, 3.63) is 71.5 Å². The largest absolute Gasteiger partial charge is 0.332 e. The Morgan fingerprint density at radius 1 is 1.16 bits per heavy atom. The first-order valence-electron chi connectivity index (χ1n) is 9.34. The molecule has 3 N–H and O–H groups in total. The van der Waals surface area contributed by atoms with Crippen molar-refractivity contribution in [3.8, 4) is 22.5 Å². The molecule has 0 unspecified atom stereocenters. The maximum absolute atomic E-state index is 12.9. The summed E-state index contributed by atoms with van der Waals surface area (Å²) in [7, 11) is 0. The quantitative estimate of drug-likeness (QED) is 0.456. The lowest BCUT2D eigenvalue weighted by Gasteiger charge is -2.12. The van der Waals surface area contributed by atoms with Crippen molar-refractivity contribution >= 4 is 17.4 Å². The summed E-state index contributed by atoms with van der Waals surface area (Å²) in [6.07, 6.45) is 6.27. The van der Waals surface area contributed by atoms with Crippen LogP contribution in [0.3, 0.4) is 0 Å². The Bertz CT molecular complexity index is 1290. The summed E-state index contributed by atoms with van der Waals surface area (Å²) < 4.78 is 27.7. The van der Waals surface area contributed by atoms with Gasteiger partial charge >= 0.3 is 6.03 Å². The average Bonchev–Trinajstić information content (AvgIpc) is 3.16.